The summed E-state index contributed by atoms with van der Waals surface area (Å²) >= 11 is 0. The Kier molecular flexibility index (Phi) is 2.89. The van der Waals surface area contributed by atoms with Crippen LogP contribution < -0.4 is 0 Å². The predicted molar refractivity (Wildman–Crippen MR) is 81.4 cm³/mol. The maximum Gasteiger partial charge on any atom is 0.133 e. The van der Waals surface area contributed by atoms with E-state index in [1.807, 2.05) is 0 Å². The first-order valence-electron chi connectivity index (χ1n) is 9.05. The quantitative estimate of drug-likeness (QED) is 0.608. The van der Waals surface area contributed by atoms with E-state index in [0.29, 0.717) is 16.6 Å². The van der Waals surface area contributed by atoms with E-state index in [4.69, 9.17) is 0 Å². The van der Waals surface area contributed by atoms with Crippen LogP contribution in [0.4, 0.5) is 0 Å². The monoisotopic (exact) mass is 274 g/mol. The molecule has 112 valence electrons. The Hall–Kier alpha value is -0.330. The summed E-state index contributed by atoms with van der Waals surface area (Å²) in [6.07, 6.45) is 13.1. The van der Waals surface area contributed by atoms with E-state index in [0.717, 1.165) is 36.5 Å². The molecule has 0 N–H and O–H groups in total. The second-order valence-corrected chi connectivity index (χ2v) is 8.98. The predicted octanol–water partition coefficient (Wildman–Crippen LogP) is 4.99. The van der Waals surface area contributed by atoms with Crippen molar-refractivity contribution < 1.29 is 4.79 Å². The fourth-order valence-corrected chi connectivity index (χ4v) is 7.04. The lowest BCUT2D eigenvalue weighted by atomic mass is 9.45. The van der Waals surface area contributed by atoms with Crippen molar-refractivity contribution in [1.82, 2.24) is 0 Å². The SMILES string of the molecule is C[C@]12CCC[C@@H]1[C@@H]1CC[C@H]3CC(=O)CC[C@]3(C)[C@@H]1CC2. The second-order valence-electron chi connectivity index (χ2n) is 8.98. The van der Waals surface area contributed by atoms with Gasteiger partial charge in [0.2, 0.25) is 0 Å². The van der Waals surface area contributed by atoms with E-state index in [-0.39, 0.29) is 0 Å². The zero-order chi connectivity index (χ0) is 14.0. The van der Waals surface area contributed by atoms with Gasteiger partial charge in [0, 0.05) is 12.8 Å². The first kappa shape index (κ1) is 13.3. The first-order valence-corrected chi connectivity index (χ1v) is 9.05. The van der Waals surface area contributed by atoms with Crippen LogP contribution in [0.3, 0.4) is 0 Å². The lowest BCUT2D eigenvalue weighted by molar-refractivity contribution is -0.137. The van der Waals surface area contributed by atoms with Crippen molar-refractivity contribution in [2.75, 3.05) is 0 Å². The number of hydrogen-bond acceptors (Lipinski definition) is 1. The Morgan fingerprint density at radius 2 is 1.80 bits per heavy atom. The minimum Gasteiger partial charge on any atom is -0.300 e. The number of rotatable bonds is 0. The fourth-order valence-electron chi connectivity index (χ4n) is 7.04. The summed E-state index contributed by atoms with van der Waals surface area (Å²) in [6.45, 7) is 5.14. The van der Waals surface area contributed by atoms with Crippen molar-refractivity contribution in [3.8, 4) is 0 Å². The van der Waals surface area contributed by atoms with Crippen LogP contribution >= 0.6 is 0 Å². The van der Waals surface area contributed by atoms with Crippen molar-refractivity contribution in [2.24, 2.45) is 34.5 Å². The van der Waals surface area contributed by atoms with Gasteiger partial charge >= 0.3 is 0 Å². The molecule has 4 aliphatic rings. The summed E-state index contributed by atoms with van der Waals surface area (Å²) < 4.78 is 0. The van der Waals surface area contributed by atoms with E-state index < -0.39 is 0 Å². The topological polar surface area (TPSA) is 17.1 Å². The van der Waals surface area contributed by atoms with Crippen LogP contribution in [-0.2, 0) is 4.79 Å². The molecule has 0 aliphatic heterocycles. The highest BCUT2D eigenvalue weighted by atomic mass is 16.1. The highest BCUT2D eigenvalue weighted by Gasteiger charge is 2.57. The molecule has 0 saturated heterocycles. The molecular formula is C19H30O. The molecule has 0 spiro atoms. The van der Waals surface area contributed by atoms with Crippen LogP contribution in [0.5, 0.6) is 0 Å². The average Bonchev–Trinajstić information content (AvgIpc) is 2.81. The van der Waals surface area contributed by atoms with E-state index >= 15 is 0 Å². The van der Waals surface area contributed by atoms with E-state index in [1.165, 1.54) is 51.4 Å². The second kappa shape index (κ2) is 4.34. The summed E-state index contributed by atoms with van der Waals surface area (Å²) in [5, 5.41) is 0. The molecular weight excluding hydrogens is 244 g/mol. The Bertz CT molecular complexity index is 427. The standard InChI is InChI=1S/C19H30O/c1-18-9-3-4-16(18)15-6-5-13-12-14(20)7-11-19(13,2)17(15)8-10-18/h13,15-17H,3-12H2,1-2H3/t13-,15-,16+,17+,18+,19-/m0/s1. The van der Waals surface area contributed by atoms with Gasteiger partial charge in [-0.05, 0) is 79.4 Å². The van der Waals surface area contributed by atoms with Crippen molar-refractivity contribution in [2.45, 2.75) is 78.1 Å². The van der Waals surface area contributed by atoms with Gasteiger partial charge in [0.25, 0.3) is 0 Å². The Labute approximate surface area is 123 Å². The number of hydrogen-bond donors (Lipinski definition) is 0. The molecule has 4 saturated carbocycles. The molecule has 6 atom stereocenters. The molecule has 0 heterocycles. The highest BCUT2D eigenvalue weighted by Crippen LogP contribution is 2.65. The molecule has 20 heavy (non-hydrogen) atoms. The normalized spacial score (nSPS) is 55.0. The van der Waals surface area contributed by atoms with Crippen LogP contribution in [0.1, 0.15) is 78.1 Å². The molecule has 0 aromatic rings. The Morgan fingerprint density at radius 3 is 2.65 bits per heavy atom. The zero-order valence-electron chi connectivity index (χ0n) is 13.3. The van der Waals surface area contributed by atoms with E-state index in [2.05, 4.69) is 13.8 Å². The number of fused-ring (bicyclic) bond motifs is 5. The molecule has 0 amide bonds. The van der Waals surface area contributed by atoms with Crippen molar-refractivity contribution in [1.29, 1.82) is 0 Å². The molecule has 4 fully saturated rings. The molecule has 0 unspecified atom stereocenters. The summed E-state index contributed by atoms with van der Waals surface area (Å²) in [7, 11) is 0. The molecule has 4 aliphatic carbocycles. The fraction of sp³-hybridized carbons (Fsp3) is 0.947. The minimum atomic E-state index is 0.501. The third kappa shape index (κ3) is 1.70. The summed E-state index contributed by atoms with van der Waals surface area (Å²) in [5.41, 5.74) is 1.18. The molecule has 1 nitrogen and oxygen atoms in total. The van der Waals surface area contributed by atoms with Crippen molar-refractivity contribution in [3.63, 3.8) is 0 Å². The van der Waals surface area contributed by atoms with Crippen LogP contribution in [0.25, 0.3) is 0 Å². The number of carbonyl (C=O) groups excluding carboxylic acids is 1. The number of ketones is 1. The lowest BCUT2D eigenvalue weighted by Crippen LogP contribution is -2.52. The summed E-state index contributed by atoms with van der Waals surface area (Å²) in [6, 6.07) is 0. The third-order valence-electron chi connectivity index (χ3n) is 8.26. The van der Waals surface area contributed by atoms with Gasteiger partial charge in [0.1, 0.15) is 5.78 Å². The summed E-state index contributed by atoms with van der Waals surface area (Å²) in [5.74, 6) is 4.20. The van der Waals surface area contributed by atoms with Gasteiger partial charge in [-0.1, -0.05) is 20.3 Å². The van der Waals surface area contributed by atoms with Crippen LogP contribution in [0.2, 0.25) is 0 Å². The van der Waals surface area contributed by atoms with Crippen LogP contribution in [-0.4, -0.2) is 5.78 Å². The largest absolute Gasteiger partial charge is 0.300 e. The Morgan fingerprint density at radius 1 is 0.950 bits per heavy atom. The third-order valence-corrected chi connectivity index (χ3v) is 8.26. The van der Waals surface area contributed by atoms with Gasteiger partial charge in [-0.2, -0.15) is 0 Å². The number of Topliss-reactive ketones (excluding diaryl/α,β-unsaturated/α-hetero) is 1. The first-order chi connectivity index (χ1) is 9.53. The van der Waals surface area contributed by atoms with Crippen LogP contribution in [0, 0.1) is 34.5 Å². The summed E-state index contributed by atoms with van der Waals surface area (Å²) in [4.78, 5) is 11.9. The molecule has 0 bridgehead atoms. The van der Waals surface area contributed by atoms with Gasteiger partial charge in [-0.3, -0.25) is 4.79 Å². The average molecular weight is 274 g/mol. The molecule has 4 rings (SSSR count). The number of carbonyl (C=O) groups is 1. The van der Waals surface area contributed by atoms with E-state index in [9.17, 15) is 4.79 Å². The molecule has 0 radical (unpaired) electrons. The lowest BCUT2D eigenvalue weighted by Gasteiger charge is -2.59. The molecule has 0 aromatic carbocycles. The van der Waals surface area contributed by atoms with Gasteiger partial charge in [0.05, 0.1) is 0 Å². The smallest absolute Gasteiger partial charge is 0.133 e. The molecule has 1 heteroatoms. The maximum absolute atomic E-state index is 11.9. The van der Waals surface area contributed by atoms with Crippen LogP contribution in [0.15, 0.2) is 0 Å². The van der Waals surface area contributed by atoms with Gasteiger partial charge in [-0.25, -0.2) is 0 Å². The Balaban J connectivity index is 1.64. The van der Waals surface area contributed by atoms with Gasteiger partial charge in [0.15, 0.2) is 0 Å². The maximum atomic E-state index is 11.9. The van der Waals surface area contributed by atoms with Gasteiger partial charge < -0.3 is 0 Å². The molecule has 0 aromatic heterocycles. The van der Waals surface area contributed by atoms with E-state index in [1.54, 1.807) is 0 Å². The van der Waals surface area contributed by atoms with Crippen molar-refractivity contribution in [3.05, 3.63) is 0 Å². The highest BCUT2D eigenvalue weighted by molar-refractivity contribution is 5.79. The van der Waals surface area contributed by atoms with Gasteiger partial charge in [-0.15, -0.1) is 0 Å². The minimum absolute atomic E-state index is 0.501. The van der Waals surface area contributed by atoms with Crippen molar-refractivity contribution >= 4 is 5.78 Å². The zero-order valence-corrected chi connectivity index (χ0v) is 13.3.